The van der Waals surface area contributed by atoms with Crippen LogP contribution in [0.15, 0.2) is 91.1 Å². The number of anilines is 2. The van der Waals surface area contributed by atoms with E-state index in [0.717, 1.165) is 25.7 Å². The third-order valence-electron chi connectivity index (χ3n) is 7.10. The summed E-state index contributed by atoms with van der Waals surface area (Å²) >= 11 is 0. The smallest absolute Gasteiger partial charge is 0.337 e. The largest absolute Gasteiger partial charge is 0.490 e. The second-order valence-electron chi connectivity index (χ2n) is 10.3. The lowest BCUT2D eigenvalue weighted by Gasteiger charge is -2.29. The van der Waals surface area contributed by atoms with Gasteiger partial charge in [-0.2, -0.15) is 0 Å². The van der Waals surface area contributed by atoms with Gasteiger partial charge in [-0.15, -0.1) is 0 Å². The highest BCUT2D eigenvalue weighted by Gasteiger charge is 2.24. The molecule has 5 rings (SSSR count). The number of non-ortho nitro benzene ring substituents is 1. The average molecular weight is 612 g/mol. The Labute approximate surface area is 257 Å². The molecule has 0 atom stereocenters. The van der Waals surface area contributed by atoms with Crippen LogP contribution >= 0.6 is 0 Å². The average Bonchev–Trinajstić information content (AvgIpc) is 3.03. The van der Waals surface area contributed by atoms with Crippen LogP contribution in [-0.2, 0) is 0 Å². The number of amides is 3. The number of nitrogens with one attached hydrogen (secondary N) is 3. The maximum Gasteiger partial charge on any atom is 0.337 e. The highest BCUT2D eigenvalue weighted by Crippen LogP contribution is 2.27. The van der Waals surface area contributed by atoms with E-state index in [4.69, 9.17) is 9.47 Å². The molecule has 3 amide bonds. The first-order valence-electron chi connectivity index (χ1n) is 14.1. The van der Waals surface area contributed by atoms with E-state index in [1.54, 1.807) is 42.5 Å². The van der Waals surface area contributed by atoms with Crippen molar-refractivity contribution in [1.82, 2.24) is 10.3 Å². The van der Waals surface area contributed by atoms with Crippen LogP contribution in [0.25, 0.3) is 0 Å². The zero-order chi connectivity index (χ0) is 31.8. The summed E-state index contributed by atoms with van der Waals surface area (Å²) in [5.41, 5.74) is 0.835. The molecule has 1 saturated carbocycles. The van der Waals surface area contributed by atoms with Gasteiger partial charge >= 0.3 is 12.0 Å². The van der Waals surface area contributed by atoms with Crippen molar-refractivity contribution < 1.29 is 33.9 Å². The predicted molar refractivity (Wildman–Crippen MR) is 164 cm³/mol. The van der Waals surface area contributed by atoms with Crippen LogP contribution < -0.4 is 25.4 Å². The first-order chi connectivity index (χ1) is 21.7. The van der Waals surface area contributed by atoms with Crippen molar-refractivity contribution in [3.05, 3.63) is 112 Å². The lowest BCUT2D eigenvalue weighted by molar-refractivity contribution is -0.384. The highest BCUT2D eigenvalue weighted by atomic mass is 16.6. The third kappa shape index (κ3) is 8.32. The first kappa shape index (κ1) is 30.5. The van der Waals surface area contributed by atoms with Gasteiger partial charge in [0.1, 0.15) is 11.5 Å². The number of aromatic nitrogens is 1. The molecule has 0 saturated heterocycles. The molecule has 0 spiro atoms. The van der Waals surface area contributed by atoms with Crippen molar-refractivity contribution >= 4 is 35.0 Å². The summed E-state index contributed by atoms with van der Waals surface area (Å²) in [6.07, 6.45) is 4.33. The van der Waals surface area contributed by atoms with Crippen molar-refractivity contribution in [3.8, 4) is 17.4 Å². The molecule has 0 radical (unpaired) electrons. The Morgan fingerprint density at radius 2 is 1.53 bits per heavy atom. The van der Waals surface area contributed by atoms with E-state index in [2.05, 4.69) is 20.9 Å². The van der Waals surface area contributed by atoms with Crippen LogP contribution in [-0.4, -0.2) is 45.1 Å². The third-order valence-corrected chi connectivity index (χ3v) is 7.10. The van der Waals surface area contributed by atoms with Crippen molar-refractivity contribution in [2.75, 3.05) is 10.6 Å². The number of nitrogens with zero attached hydrogens (tertiary/aromatic N) is 2. The van der Waals surface area contributed by atoms with Gasteiger partial charge in [0.2, 0.25) is 5.88 Å². The zero-order valence-electron chi connectivity index (χ0n) is 23.8. The van der Waals surface area contributed by atoms with Crippen LogP contribution in [0.1, 0.15) is 46.4 Å². The molecule has 0 unspecified atom stereocenters. The molecule has 4 N–H and O–H groups in total. The van der Waals surface area contributed by atoms with E-state index in [0.29, 0.717) is 17.2 Å². The fourth-order valence-corrected chi connectivity index (χ4v) is 4.79. The first-order valence-corrected chi connectivity index (χ1v) is 14.1. The van der Waals surface area contributed by atoms with E-state index >= 15 is 0 Å². The number of hydrogen-bond acceptors (Lipinski definition) is 8. The Kier molecular flexibility index (Phi) is 9.48. The second-order valence-corrected chi connectivity index (χ2v) is 10.3. The van der Waals surface area contributed by atoms with Gasteiger partial charge in [-0.1, -0.05) is 12.1 Å². The molecule has 1 aromatic heterocycles. The molecule has 4 aromatic rings. The molecule has 1 aliphatic carbocycles. The molecule has 1 heterocycles. The van der Waals surface area contributed by atoms with Crippen molar-refractivity contribution in [2.45, 2.75) is 37.8 Å². The van der Waals surface area contributed by atoms with Gasteiger partial charge in [0.25, 0.3) is 11.6 Å². The normalized spacial score (nSPS) is 15.7. The zero-order valence-corrected chi connectivity index (χ0v) is 23.8. The van der Waals surface area contributed by atoms with E-state index < -0.39 is 16.8 Å². The van der Waals surface area contributed by atoms with E-state index in [1.165, 1.54) is 48.7 Å². The summed E-state index contributed by atoms with van der Waals surface area (Å²) in [6.45, 7) is 0. The summed E-state index contributed by atoms with van der Waals surface area (Å²) in [7, 11) is 0. The molecular formula is C32H29N5O8. The van der Waals surface area contributed by atoms with Crippen molar-refractivity contribution in [1.29, 1.82) is 0 Å². The Hall–Kier alpha value is -5.98. The van der Waals surface area contributed by atoms with E-state index in [1.807, 2.05) is 0 Å². The van der Waals surface area contributed by atoms with Crippen LogP contribution in [0.2, 0.25) is 0 Å². The molecular weight excluding hydrogens is 582 g/mol. The minimum absolute atomic E-state index is 0.00428. The number of pyridine rings is 1. The Bertz CT molecular complexity index is 1670. The number of carbonyl (C=O) groups excluding carboxylic acids is 2. The number of rotatable bonds is 10. The maximum absolute atomic E-state index is 12.6. The van der Waals surface area contributed by atoms with Gasteiger partial charge < -0.3 is 30.5 Å². The molecule has 1 aliphatic rings. The van der Waals surface area contributed by atoms with E-state index in [-0.39, 0.29) is 46.6 Å². The van der Waals surface area contributed by atoms with Crippen LogP contribution in [0.4, 0.5) is 21.9 Å². The number of carboxylic acid groups (broad SMARTS) is 1. The number of carbonyl (C=O) groups is 3. The molecule has 230 valence electrons. The molecule has 13 heteroatoms. The number of ether oxygens (including phenoxy) is 2. The molecule has 45 heavy (non-hydrogen) atoms. The predicted octanol–water partition coefficient (Wildman–Crippen LogP) is 6.24. The monoisotopic (exact) mass is 611 g/mol. The molecule has 13 nitrogen and oxygen atoms in total. The number of carboxylic acids is 1. The van der Waals surface area contributed by atoms with Gasteiger partial charge in [-0.25, -0.2) is 14.6 Å². The summed E-state index contributed by atoms with van der Waals surface area (Å²) < 4.78 is 11.9. The summed E-state index contributed by atoms with van der Waals surface area (Å²) in [6, 6.07) is 21.5. The van der Waals surface area contributed by atoms with Crippen LogP contribution in [0.3, 0.4) is 0 Å². The molecule has 0 aliphatic heterocycles. The molecule has 0 bridgehead atoms. The van der Waals surface area contributed by atoms with Gasteiger partial charge in [0.05, 0.1) is 27.8 Å². The van der Waals surface area contributed by atoms with Gasteiger partial charge in [0, 0.05) is 36.1 Å². The topological polar surface area (TPSA) is 182 Å². The number of para-hydroxylation sites is 1. The van der Waals surface area contributed by atoms with Crippen molar-refractivity contribution in [3.63, 3.8) is 0 Å². The Morgan fingerprint density at radius 1 is 0.844 bits per heavy atom. The minimum Gasteiger partial charge on any atom is -0.490 e. The minimum atomic E-state index is -1.14. The lowest BCUT2D eigenvalue weighted by atomic mass is 9.93. The SMILES string of the molecule is O=C(Nc1ccc([N+](=O)[O-])cc1)NC1CCC(Oc2ccc(Oc3ccc(C(=O)Nc4ccccc4C(=O)O)cn3)cc2)CC1. The number of hydrogen-bond donors (Lipinski definition) is 4. The maximum atomic E-state index is 12.6. The fourth-order valence-electron chi connectivity index (χ4n) is 4.79. The molecule has 1 fully saturated rings. The highest BCUT2D eigenvalue weighted by molar-refractivity contribution is 6.07. The molecule has 3 aromatic carbocycles. The van der Waals surface area contributed by atoms with Gasteiger partial charge in [0.15, 0.2) is 0 Å². The quantitative estimate of drug-likeness (QED) is 0.119. The number of nitro benzene ring substituents is 1. The van der Waals surface area contributed by atoms with Crippen LogP contribution in [0, 0.1) is 10.1 Å². The van der Waals surface area contributed by atoms with Crippen molar-refractivity contribution in [2.24, 2.45) is 0 Å². The van der Waals surface area contributed by atoms with Gasteiger partial charge in [-0.3, -0.25) is 14.9 Å². The summed E-state index contributed by atoms with van der Waals surface area (Å²) in [5, 5.41) is 28.3. The number of benzene rings is 3. The Balaban J connectivity index is 1.05. The number of urea groups is 1. The number of aromatic carboxylic acids is 1. The fraction of sp³-hybridized carbons (Fsp3) is 0.188. The second kappa shape index (κ2) is 14.0. The van der Waals surface area contributed by atoms with Crippen LogP contribution in [0.5, 0.6) is 17.4 Å². The number of nitro groups is 1. The summed E-state index contributed by atoms with van der Waals surface area (Å²) in [5.74, 6) is -0.172. The lowest BCUT2D eigenvalue weighted by Crippen LogP contribution is -2.41. The summed E-state index contributed by atoms with van der Waals surface area (Å²) in [4.78, 5) is 50.8. The Morgan fingerprint density at radius 3 is 2.18 bits per heavy atom. The van der Waals surface area contributed by atoms with Gasteiger partial charge in [-0.05, 0) is 80.3 Å². The van der Waals surface area contributed by atoms with E-state index in [9.17, 15) is 29.6 Å². The standard InChI is InChI=1S/C32H29N5O8/c38-30(36-28-4-2-1-3-27(28)31(39)40)20-5-18-29(33-19-20)45-26-16-14-25(15-17-26)44-24-12-8-22(9-13-24)35-32(41)34-21-6-10-23(11-7-21)37(42)43/h1-7,10-11,14-19,22,24H,8-9,12-13H2,(H,36,38)(H,39,40)(H2,34,35,41).